The Hall–Kier alpha value is -1.07. The summed E-state index contributed by atoms with van der Waals surface area (Å²) in [6, 6.07) is 13.2. The average molecular weight is 442 g/mol. The summed E-state index contributed by atoms with van der Waals surface area (Å²) in [6.07, 6.45) is 1.90. The monoisotopic (exact) mass is 440 g/mol. The van der Waals surface area contributed by atoms with E-state index < -0.39 is 0 Å². The van der Waals surface area contributed by atoms with Crippen molar-refractivity contribution in [3.8, 4) is 0 Å². The van der Waals surface area contributed by atoms with Gasteiger partial charge in [0.15, 0.2) is 0 Å². The van der Waals surface area contributed by atoms with E-state index in [9.17, 15) is 4.79 Å². The first-order valence-electron chi connectivity index (χ1n) is 8.24. The zero-order chi connectivity index (χ0) is 17.8. The normalized spacial score (nSPS) is 18.1. The Kier molecular flexibility index (Phi) is 6.39. The Labute approximate surface area is 166 Å². The molecule has 1 fully saturated rings. The topological polar surface area (TPSA) is 32.3 Å². The number of nitrogens with zero attached hydrogens (tertiary/aromatic N) is 1. The molecule has 1 saturated heterocycles. The van der Waals surface area contributed by atoms with Gasteiger partial charge in [0.25, 0.3) is 0 Å². The number of para-hydroxylation sites is 1. The molecule has 132 valence electrons. The predicted octanol–water partition coefficient (Wildman–Crippen LogP) is 5.61. The van der Waals surface area contributed by atoms with Gasteiger partial charge in [0.05, 0.1) is 11.6 Å². The van der Waals surface area contributed by atoms with E-state index in [0.29, 0.717) is 10.0 Å². The highest BCUT2D eigenvalue weighted by Gasteiger charge is 2.26. The van der Waals surface area contributed by atoms with Crippen LogP contribution in [-0.4, -0.2) is 23.9 Å². The molecule has 25 heavy (non-hydrogen) atoms. The number of benzene rings is 2. The van der Waals surface area contributed by atoms with Gasteiger partial charge in [-0.15, -0.1) is 0 Å². The van der Waals surface area contributed by atoms with Gasteiger partial charge >= 0.3 is 0 Å². The summed E-state index contributed by atoms with van der Waals surface area (Å²) in [4.78, 5) is 14.9. The van der Waals surface area contributed by atoms with Gasteiger partial charge in [-0.25, -0.2) is 0 Å². The summed E-state index contributed by atoms with van der Waals surface area (Å²) in [5.41, 5.74) is 1.85. The Morgan fingerprint density at radius 1 is 1.24 bits per heavy atom. The second-order valence-electron chi connectivity index (χ2n) is 6.28. The number of anilines is 1. The molecule has 2 aromatic rings. The predicted molar refractivity (Wildman–Crippen MR) is 107 cm³/mol. The van der Waals surface area contributed by atoms with Crippen molar-refractivity contribution in [1.29, 1.82) is 0 Å². The molecule has 0 saturated carbocycles. The Morgan fingerprint density at radius 2 is 2.04 bits per heavy atom. The van der Waals surface area contributed by atoms with Crippen LogP contribution in [0.3, 0.4) is 0 Å². The lowest BCUT2D eigenvalue weighted by atomic mass is 9.96. The van der Waals surface area contributed by atoms with Crippen molar-refractivity contribution in [3.05, 3.63) is 62.5 Å². The van der Waals surface area contributed by atoms with Crippen LogP contribution in [0, 0.1) is 5.92 Å². The van der Waals surface area contributed by atoms with Gasteiger partial charge in [-0.2, -0.15) is 0 Å². The summed E-state index contributed by atoms with van der Waals surface area (Å²) in [6.45, 7) is 2.43. The van der Waals surface area contributed by atoms with Crippen molar-refractivity contribution in [2.45, 2.75) is 19.4 Å². The highest BCUT2D eigenvalue weighted by molar-refractivity contribution is 9.10. The number of carbonyl (C=O) groups is 1. The van der Waals surface area contributed by atoms with Crippen LogP contribution in [0.15, 0.2) is 46.9 Å². The van der Waals surface area contributed by atoms with E-state index in [-0.39, 0.29) is 11.8 Å². The standard InChI is InChI=1S/C19H19BrCl2N2O/c20-16-5-1-2-6-18(16)23-19(25)14-4-3-9-24(12-14)11-13-7-8-15(21)10-17(13)22/h1-2,5-8,10,14H,3-4,9,11-12H2,(H,23,25). The molecule has 1 atom stereocenters. The fraction of sp³-hybridized carbons (Fsp3) is 0.316. The minimum absolute atomic E-state index is 0.0214. The SMILES string of the molecule is O=C(Nc1ccccc1Br)C1CCCN(Cc2ccc(Cl)cc2Cl)C1. The molecule has 1 aliphatic heterocycles. The van der Waals surface area contributed by atoms with E-state index >= 15 is 0 Å². The molecule has 0 radical (unpaired) electrons. The first kappa shape index (κ1) is 18.7. The van der Waals surface area contributed by atoms with Crippen molar-refractivity contribution in [3.63, 3.8) is 0 Å². The fourth-order valence-electron chi connectivity index (χ4n) is 3.10. The summed E-state index contributed by atoms with van der Waals surface area (Å²) in [5, 5.41) is 4.34. The van der Waals surface area contributed by atoms with Crippen LogP contribution in [0.4, 0.5) is 5.69 Å². The van der Waals surface area contributed by atoms with Crippen LogP contribution in [0.5, 0.6) is 0 Å². The molecule has 3 rings (SSSR count). The van der Waals surface area contributed by atoms with Gasteiger partial charge in [0, 0.05) is 27.6 Å². The van der Waals surface area contributed by atoms with Gasteiger partial charge < -0.3 is 5.32 Å². The van der Waals surface area contributed by atoms with E-state index in [1.165, 1.54) is 0 Å². The molecule has 0 bridgehead atoms. The number of carbonyl (C=O) groups excluding carboxylic acids is 1. The third-order valence-corrected chi connectivity index (χ3v) is 5.70. The van der Waals surface area contributed by atoms with E-state index in [4.69, 9.17) is 23.2 Å². The molecule has 1 unspecified atom stereocenters. The van der Waals surface area contributed by atoms with E-state index in [1.807, 2.05) is 36.4 Å². The van der Waals surface area contributed by atoms with Crippen LogP contribution < -0.4 is 5.32 Å². The number of nitrogens with one attached hydrogen (secondary N) is 1. The quantitative estimate of drug-likeness (QED) is 0.668. The Balaban J connectivity index is 1.62. The molecule has 6 heteroatoms. The minimum atomic E-state index is -0.0214. The number of piperidine rings is 1. The first-order valence-corrected chi connectivity index (χ1v) is 9.79. The maximum atomic E-state index is 12.6. The maximum Gasteiger partial charge on any atom is 0.228 e. The average Bonchev–Trinajstić information content (AvgIpc) is 2.60. The summed E-state index contributed by atoms with van der Waals surface area (Å²) >= 11 is 15.7. The van der Waals surface area contributed by atoms with Crippen LogP contribution in [0.25, 0.3) is 0 Å². The molecule has 1 heterocycles. The largest absolute Gasteiger partial charge is 0.325 e. The summed E-state index contributed by atoms with van der Waals surface area (Å²) in [5.74, 6) is 0.0470. The molecular formula is C19H19BrCl2N2O. The van der Waals surface area contributed by atoms with Gasteiger partial charge in [-0.3, -0.25) is 9.69 Å². The summed E-state index contributed by atoms with van der Waals surface area (Å²) < 4.78 is 0.893. The number of hydrogen-bond acceptors (Lipinski definition) is 2. The fourth-order valence-corrected chi connectivity index (χ4v) is 3.95. The highest BCUT2D eigenvalue weighted by atomic mass is 79.9. The van der Waals surface area contributed by atoms with E-state index in [2.05, 4.69) is 26.1 Å². The third kappa shape index (κ3) is 4.98. The smallest absolute Gasteiger partial charge is 0.228 e. The number of rotatable bonds is 4. The van der Waals surface area contributed by atoms with E-state index in [0.717, 1.165) is 48.2 Å². The Morgan fingerprint density at radius 3 is 2.80 bits per heavy atom. The Bertz CT molecular complexity index is 769. The lowest BCUT2D eigenvalue weighted by molar-refractivity contribution is -0.121. The second-order valence-corrected chi connectivity index (χ2v) is 7.98. The van der Waals surface area contributed by atoms with Crippen molar-refractivity contribution in [1.82, 2.24) is 4.90 Å². The van der Waals surface area contributed by atoms with Gasteiger partial charge in [-0.05, 0) is 65.1 Å². The highest BCUT2D eigenvalue weighted by Crippen LogP contribution is 2.26. The molecule has 1 amide bonds. The van der Waals surface area contributed by atoms with Crippen LogP contribution in [-0.2, 0) is 11.3 Å². The molecule has 2 aromatic carbocycles. The molecule has 0 aromatic heterocycles. The maximum absolute atomic E-state index is 12.6. The molecule has 0 spiro atoms. The van der Waals surface area contributed by atoms with Gasteiger partial charge in [-0.1, -0.05) is 41.4 Å². The molecule has 0 aliphatic carbocycles. The van der Waals surface area contributed by atoms with Crippen molar-refractivity contribution in [2.75, 3.05) is 18.4 Å². The molecule has 1 N–H and O–H groups in total. The van der Waals surface area contributed by atoms with Crippen LogP contribution in [0.1, 0.15) is 18.4 Å². The van der Waals surface area contributed by atoms with E-state index in [1.54, 1.807) is 6.07 Å². The third-order valence-electron chi connectivity index (χ3n) is 4.42. The number of likely N-dealkylation sites (tertiary alicyclic amines) is 1. The number of hydrogen-bond donors (Lipinski definition) is 1. The van der Waals surface area contributed by atoms with Gasteiger partial charge in [0.1, 0.15) is 0 Å². The lowest BCUT2D eigenvalue weighted by Crippen LogP contribution is -2.40. The van der Waals surface area contributed by atoms with Gasteiger partial charge in [0.2, 0.25) is 5.91 Å². The molecule has 3 nitrogen and oxygen atoms in total. The second kappa shape index (κ2) is 8.54. The number of halogens is 3. The van der Waals surface area contributed by atoms with Crippen molar-refractivity contribution >= 4 is 50.7 Å². The van der Waals surface area contributed by atoms with Crippen molar-refractivity contribution < 1.29 is 4.79 Å². The minimum Gasteiger partial charge on any atom is -0.325 e. The summed E-state index contributed by atoms with van der Waals surface area (Å²) in [7, 11) is 0. The van der Waals surface area contributed by atoms with Crippen LogP contribution >= 0.6 is 39.1 Å². The zero-order valence-electron chi connectivity index (χ0n) is 13.6. The van der Waals surface area contributed by atoms with Crippen molar-refractivity contribution in [2.24, 2.45) is 5.92 Å². The first-order chi connectivity index (χ1) is 12.0. The molecular weight excluding hydrogens is 423 g/mol. The zero-order valence-corrected chi connectivity index (χ0v) is 16.7. The molecule has 1 aliphatic rings. The lowest BCUT2D eigenvalue weighted by Gasteiger charge is -2.32. The number of amides is 1. The van der Waals surface area contributed by atoms with Crippen LogP contribution in [0.2, 0.25) is 10.0 Å².